The van der Waals surface area contributed by atoms with Gasteiger partial charge < -0.3 is 14.7 Å². The molecular formula is C22H27NO3. The Labute approximate surface area is 155 Å². The summed E-state index contributed by atoms with van der Waals surface area (Å²) in [4.78, 5) is 13.1. The largest absolute Gasteiger partial charge is 0.493 e. The summed E-state index contributed by atoms with van der Waals surface area (Å²) in [6.07, 6.45) is 3.78. The number of carboxylic acid groups (broad SMARTS) is 1. The number of ether oxygens (including phenoxy) is 1. The Hall–Kier alpha value is -2.49. The molecule has 3 rings (SSSR count). The standard InChI is InChI=1S/C22H27NO3/c1-17(14-23(22(24)25)15-18-8-3-2-4-9-18)16-26-21-13-7-11-19-10-5-6-12-20(19)21/h2-4,7-9,11,13,17H,5-6,10,12,14-16H2,1H3,(H,24,25). The van der Waals surface area contributed by atoms with Crippen molar-refractivity contribution in [1.82, 2.24) is 4.90 Å². The topological polar surface area (TPSA) is 49.8 Å². The van der Waals surface area contributed by atoms with Crippen LogP contribution in [0.3, 0.4) is 0 Å². The summed E-state index contributed by atoms with van der Waals surface area (Å²) in [6, 6.07) is 16.0. The van der Waals surface area contributed by atoms with Crippen LogP contribution < -0.4 is 4.74 Å². The number of aryl methyl sites for hydroxylation is 1. The van der Waals surface area contributed by atoms with E-state index in [0.29, 0.717) is 19.7 Å². The summed E-state index contributed by atoms with van der Waals surface area (Å²) in [5, 5.41) is 9.51. The van der Waals surface area contributed by atoms with Crippen molar-refractivity contribution in [2.45, 2.75) is 39.2 Å². The third-order valence-corrected chi connectivity index (χ3v) is 4.90. The molecule has 0 heterocycles. The Morgan fingerprint density at radius 1 is 1.12 bits per heavy atom. The second kappa shape index (κ2) is 8.75. The van der Waals surface area contributed by atoms with E-state index in [-0.39, 0.29) is 5.92 Å². The first-order valence-corrected chi connectivity index (χ1v) is 9.39. The Morgan fingerprint density at radius 2 is 1.88 bits per heavy atom. The van der Waals surface area contributed by atoms with E-state index in [1.54, 1.807) is 0 Å². The van der Waals surface area contributed by atoms with Crippen molar-refractivity contribution in [2.24, 2.45) is 5.92 Å². The van der Waals surface area contributed by atoms with Gasteiger partial charge in [0.05, 0.1) is 6.61 Å². The average molecular weight is 353 g/mol. The maximum Gasteiger partial charge on any atom is 0.407 e. The molecule has 1 amide bonds. The molecule has 2 aromatic rings. The minimum Gasteiger partial charge on any atom is -0.493 e. The summed E-state index contributed by atoms with van der Waals surface area (Å²) in [6.45, 7) is 3.42. The van der Waals surface area contributed by atoms with Crippen LogP contribution in [0.4, 0.5) is 4.79 Å². The fraction of sp³-hybridized carbons (Fsp3) is 0.409. The van der Waals surface area contributed by atoms with Crippen LogP contribution in [0.15, 0.2) is 48.5 Å². The maximum absolute atomic E-state index is 11.6. The van der Waals surface area contributed by atoms with Crippen LogP contribution in [0, 0.1) is 5.92 Å². The molecule has 0 bridgehead atoms. The number of carbonyl (C=O) groups is 1. The van der Waals surface area contributed by atoms with Gasteiger partial charge in [0.1, 0.15) is 5.75 Å². The molecule has 0 spiro atoms. The molecular weight excluding hydrogens is 326 g/mol. The number of hydrogen-bond donors (Lipinski definition) is 1. The Bertz CT molecular complexity index is 729. The van der Waals surface area contributed by atoms with Gasteiger partial charge in [-0.15, -0.1) is 0 Å². The average Bonchev–Trinajstić information content (AvgIpc) is 2.66. The lowest BCUT2D eigenvalue weighted by molar-refractivity contribution is 0.126. The molecule has 0 saturated carbocycles. The molecule has 0 saturated heterocycles. The molecule has 26 heavy (non-hydrogen) atoms. The Morgan fingerprint density at radius 3 is 2.65 bits per heavy atom. The molecule has 1 aliphatic rings. The predicted octanol–water partition coefficient (Wildman–Crippen LogP) is 4.76. The molecule has 2 aromatic carbocycles. The van der Waals surface area contributed by atoms with Crippen molar-refractivity contribution in [3.63, 3.8) is 0 Å². The second-order valence-corrected chi connectivity index (χ2v) is 7.17. The normalized spacial score (nSPS) is 14.3. The van der Waals surface area contributed by atoms with Gasteiger partial charge in [-0.2, -0.15) is 0 Å². The SMILES string of the molecule is CC(COc1cccc2c1CCCC2)CN(Cc1ccccc1)C(=O)O. The predicted molar refractivity (Wildman–Crippen MR) is 103 cm³/mol. The molecule has 1 unspecified atom stereocenters. The maximum atomic E-state index is 11.6. The Kier molecular flexibility index (Phi) is 6.16. The van der Waals surface area contributed by atoms with Crippen molar-refractivity contribution >= 4 is 6.09 Å². The smallest absolute Gasteiger partial charge is 0.407 e. The molecule has 0 radical (unpaired) electrons. The monoisotopic (exact) mass is 353 g/mol. The number of benzene rings is 2. The van der Waals surface area contributed by atoms with Gasteiger partial charge in [-0.05, 0) is 48.4 Å². The van der Waals surface area contributed by atoms with Gasteiger partial charge in [0, 0.05) is 19.0 Å². The van der Waals surface area contributed by atoms with Crippen LogP contribution in [0.2, 0.25) is 0 Å². The lowest BCUT2D eigenvalue weighted by Gasteiger charge is -2.24. The van der Waals surface area contributed by atoms with E-state index < -0.39 is 6.09 Å². The second-order valence-electron chi connectivity index (χ2n) is 7.17. The van der Waals surface area contributed by atoms with Crippen molar-refractivity contribution < 1.29 is 14.6 Å². The molecule has 1 aliphatic carbocycles. The lowest BCUT2D eigenvalue weighted by Crippen LogP contribution is -2.34. The number of nitrogens with zero attached hydrogens (tertiary/aromatic N) is 1. The minimum absolute atomic E-state index is 0.120. The zero-order chi connectivity index (χ0) is 18.4. The van der Waals surface area contributed by atoms with E-state index in [4.69, 9.17) is 4.74 Å². The zero-order valence-corrected chi connectivity index (χ0v) is 15.4. The van der Waals surface area contributed by atoms with Crippen LogP contribution in [-0.4, -0.2) is 29.3 Å². The first kappa shape index (κ1) is 18.3. The lowest BCUT2D eigenvalue weighted by atomic mass is 9.91. The third-order valence-electron chi connectivity index (χ3n) is 4.90. The van der Waals surface area contributed by atoms with Crippen molar-refractivity contribution in [1.29, 1.82) is 0 Å². The fourth-order valence-electron chi connectivity index (χ4n) is 3.56. The van der Waals surface area contributed by atoms with Crippen LogP contribution in [-0.2, 0) is 19.4 Å². The van der Waals surface area contributed by atoms with Gasteiger partial charge in [-0.25, -0.2) is 4.79 Å². The summed E-state index contributed by atoms with van der Waals surface area (Å²) in [5.41, 5.74) is 3.74. The molecule has 4 nitrogen and oxygen atoms in total. The highest BCUT2D eigenvalue weighted by Gasteiger charge is 2.18. The highest BCUT2D eigenvalue weighted by molar-refractivity contribution is 5.65. The van der Waals surface area contributed by atoms with E-state index in [1.807, 2.05) is 43.3 Å². The summed E-state index contributed by atoms with van der Waals surface area (Å²) < 4.78 is 6.08. The number of hydrogen-bond acceptors (Lipinski definition) is 2. The summed E-state index contributed by atoms with van der Waals surface area (Å²) in [5.74, 6) is 1.09. The van der Waals surface area contributed by atoms with Crippen molar-refractivity contribution in [3.8, 4) is 5.75 Å². The minimum atomic E-state index is -0.891. The number of rotatable bonds is 7. The number of amides is 1. The van der Waals surface area contributed by atoms with Gasteiger partial charge in [0.25, 0.3) is 0 Å². The zero-order valence-electron chi connectivity index (χ0n) is 15.4. The van der Waals surface area contributed by atoms with Crippen molar-refractivity contribution in [3.05, 3.63) is 65.2 Å². The molecule has 138 valence electrons. The Balaban J connectivity index is 1.57. The molecule has 0 aromatic heterocycles. The quantitative estimate of drug-likeness (QED) is 0.781. The van der Waals surface area contributed by atoms with E-state index in [9.17, 15) is 9.90 Å². The van der Waals surface area contributed by atoms with Gasteiger partial charge in [-0.1, -0.05) is 49.4 Å². The summed E-state index contributed by atoms with van der Waals surface area (Å²) in [7, 11) is 0. The molecule has 1 N–H and O–H groups in total. The van der Waals surface area contributed by atoms with Gasteiger partial charge in [0.15, 0.2) is 0 Å². The fourth-order valence-corrected chi connectivity index (χ4v) is 3.56. The van der Waals surface area contributed by atoms with Crippen LogP contribution in [0.1, 0.15) is 36.5 Å². The molecule has 0 fully saturated rings. The molecule has 1 atom stereocenters. The molecule has 4 heteroatoms. The van der Waals surface area contributed by atoms with E-state index in [0.717, 1.165) is 24.2 Å². The first-order chi connectivity index (χ1) is 12.6. The van der Waals surface area contributed by atoms with E-state index >= 15 is 0 Å². The van der Waals surface area contributed by atoms with Crippen LogP contribution in [0.5, 0.6) is 5.75 Å². The van der Waals surface area contributed by atoms with Gasteiger partial charge in [0.2, 0.25) is 0 Å². The van der Waals surface area contributed by atoms with E-state index in [2.05, 4.69) is 12.1 Å². The highest BCUT2D eigenvalue weighted by atomic mass is 16.5. The molecule has 0 aliphatic heterocycles. The van der Waals surface area contributed by atoms with Crippen LogP contribution >= 0.6 is 0 Å². The first-order valence-electron chi connectivity index (χ1n) is 9.39. The highest BCUT2D eigenvalue weighted by Crippen LogP contribution is 2.29. The van der Waals surface area contributed by atoms with Crippen molar-refractivity contribution in [2.75, 3.05) is 13.2 Å². The summed E-state index contributed by atoms with van der Waals surface area (Å²) >= 11 is 0. The third kappa shape index (κ3) is 4.78. The van der Waals surface area contributed by atoms with Gasteiger partial charge >= 0.3 is 6.09 Å². The van der Waals surface area contributed by atoms with Gasteiger partial charge in [-0.3, -0.25) is 0 Å². The van der Waals surface area contributed by atoms with Crippen LogP contribution in [0.25, 0.3) is 0 Å². The number of fused-ring (bicyclic) bond motifs is 1. The van der Waals surface area contributed by atoms with E-state index in [1.165, 1.54) is 28.9 Å².